The summed E-state index contributed by atoms with van der Waals surface area (Å²) in [6, 6.07) is 8.06. The highest BCUT2D eigenvalue weighted by Gasteiger charge is 2.20. The Morgan fingerprint density at radius 3 is 2.88 bits per heavy atom. The second-order valence-electron chi connectivity index (χ2n) is 4.45. The van der Waals surface area contributed by atoms with Gasteiger partial charge in [-0.2, -0.15) is 0 Å². The van der Waals surface area contributed by atoms with Crippen LogP contribution in [0.4, 0.5) is 0 Å². The van der Waals surface area contributed by atoms with E-state index in [1.54, 1.807) is 11.7 Å². The molecule has 1 saturated carbocycles. The third kappa shape index (κ3) is 2.03. The highest BCUT2D eigenvalue weighted by molar-refractivity contribution is 7.11. The fourth-order valence-corrected chi connectivity index (χ4v) is 2.73. The first-order chi connectivity index (χ1) is 8.34. The fraction of sp³-hybridized carbons (Fsp3) is 0.286. The Labute approximate surface area is 104 Å². The molecule has 1 aromatic carbocycles. The minimum Gasteiger partial charge on any atom is -0.288 e. The second-order valence-corrected chi connectivity index (χ2v) is 5.33. The molecule has 0 aliphatic heterocycles. The largest absolute Gasteiger partial charge is 0.288 e. The molecule has 3 heteroatoms. The summed E-state index contributed by atoms with van der Waals surface area (Å²) >= 11 is 1.40. The number of hydrogen-bond acceptors (Lipinski definition) is 3. The van der Waals surface area contributed by atoms with Crippen LogP contribution in [0.15, 0.2) is 36.0 Å². The van der Waals surface area contributed by atoms with Gasteiger partial charge in [-0.25, -0.2) is 0 Å². The van der Waals surface area contributed by atoms with Crippen molar-refractivity contribution in [1.82, 2.24) is 4.98 Å². The van der Waals surface area contributed by atoms with Crippen LogP contribution < -0.4 is 0 Å². The van der Waals surface area contributed by atoms with E-state index in [4.69, 9.17) is 0 Å². The van der Waals surface area contributed by atoms with Crippen LogP contribution in [-0.2, 0) is 0 Å². The standard InChI is InChI=1S/C14H13NOS/c16-14(13-8-15-9-17-13)12-6-2-5-11(7-12)10-3-1-4-10/h2,5-10H,1,3-4H2. The van der Waals surface area contributed by atoms with Gasteiger partial charge in [-0.1, -0.05) is 24.6 Å². The zero-order valence-electron chi connectivity index (χ0n) is 9.43. The predicted molar refractivity (Wildman–Crippen MR) is 68.6 cm³/mol. The Morgan fingerprint density at radius 1 is 1.35 bits per heavy atom. The molecule has 1 heterocycles. The van der Waals surface area contributed by atoms with Crippen molar-refractivity contribution in [3.05, 3.63) is 52.0 Å². The summed E-state index contributed by atoms with van der Waals surface area (Å²) < 4.78 is 0. The van der Waals surface area contributed by atoms with Gasteiger partial charge in [0.1, 0.15) is 0 Å². The van der Waals surface area contributed by atoms with Crippen molar-refractivity contribution >= 4 is 17.1 Å². The Morgan fingerprint density at radius 2 is 2.24 bits per heavy atom. The van der Waals surface area contributed by atoms with E-state index >= 15 is 0 Å². The van der Waals surface area contributed by atoms with Gasteiger partial charge in [-0.05, 0) is 30.4 Å². The van der Waals surface area contributed by atoms with E-state index in [0.29, 0.717) is 5.92 Å². The number of rotatable bonds is 3. The number of nitrogens with zero attached hydrogens (tertiary/aromatic N) is 1. The Hall–Kier alpha value is -1.48. The molecule has 17 heavy (non-hydrogen) atoms. The van der Waals surface area contributed by atoms with Gasteiger partial charge in [0.2, 0.25) is 5.78 Å². The number of aromatic nitrogens is 1. The summed E-state index contributed by atoms with van der Waals surface area (Å²) in [6.45, 7) is 0. The minimum absolute atomic E-state index is 0.0914. The molecule has 0 unspecified atom stereocenters. The van der Waals surface area contributed by atoms with Gasteiger partial charge in [0.25, 0.3) is 0 Å². The maximum atomic E-state index is 12.2. The topological polar surface area (TPSA) is 30.0 Å². The van der Waals surface area contributed by atoms with Crippen molar-refractivity contribution < 1.29 is 4.79 Å². The quantitative estimate of drug-likeness (QED) is 0.770. The predicted octanol–water partition coefficient (Wildman–Crippen LogP) is 3.64. The summed E-state index contributed by atoms with van der Waals surface area (Å²) in [5, 5.41) is 0. The van der Waals surface area contributed by atoms with Crippen molar-refractivity contribution in [1.29, 1.82) is 0 Å². The monoisotopic (exact) mass is 243 g/mol. The van der Waals surface area contributed by atoms with Gasteiger partial charge < -0.3 is 0 Å². The zero-order valence-corrected chi connectivity index (χ0v) is 10.2. The highest BCUT2D eigenvalue weighted by atomic mass is 32.1. The molecule has 1 aliphatic rings. The summed E-state index contributed by atoms with van der Waals surface area (Å²) in [5.41, 5.74) is 3.80. The van der Waals surface area contributed by atoms with Crippen molar-refractivity contribution in [2.24, 2.45) is 0 Å². The van der Waals surface area contributed by atoms with E-state index in [1.165, 1.54) is 36.2 Å². The number of benzene rings is 1. The molecule has 0 atom stereocenters. The van der Waals surface area contributed by atoms with Crippen molar-refractivity contribution in [2.45, 2.75) is 25.2 Å². The van der Waals surface area contributed by atoms with E-state index in [0.717, 1.165) is 10.4 Å². The SMILES string of the molecule is O=C(c1cccc(C2CCC2)c1)c1cncs1. The lowest BCUT2D eigenvalue weighted by Gasteiger charge is -2.25. The summed E-state index contributed by atoms with van der Waals surface area (Å²) in [4.78, 5) is 16.8. The summed E-state index contributed by atoms with van der Waals surface area (Å²) in [6.07, 6.45) is 5.48. The first-order valence-corrected chi connectivity index (χ1v) is 6.76. The van der Waals surface area contributed by atoms with Crippen molar-refractivity contribution in [3.8, 4) is 0 Å². The number of hydrogen-bond donors (Lipinski definition) is 0. The van der Waals surface area contributed by atoms with E-state index in [9.17, 15) is 4.79 Å². The molecule has 86 valence electrons. The number of carbonyl (C=O) groups is 1. The Kier molecular flexibility index (Phi) is 2.77. The molecule has 3 rings (SSSR count). The molecule has 1 aromatic heterocycles. The molecule has 0 bridgehead atoms. The van der Waals surface area contributed by atoms with Gasteiger partial charge >= 0.3 is 0 Å². The van der Waals surface area contributed by atoms with E-state index in [1.807, 2.05) is 18.2 Å². The first kappa shape index (κ1) is 10.7. The molecule has 2 aromatic rings. The number of carbonyl (C=O) groups excluding carboxylic acids is 1. The van der Waals surface area contributed by atoms with E-state index < -0.39 is 0 Å². The van der Waals surface area contributed by atoms with Crippen molar-refractivity contribution in [3.63, 3.8) is 0 Å². The average Bonchev–Trinajstić information content (AvgIpc) is 2.79. The van der Waals surface area contributed by atoms with Gasteiger partial charge in [0, 0.05) is 11.8 Å². The van der Waals surface area contributed by atoms with Crippen LogP contribution in [-0.4, -0.2) is 10.8 Å². The smallest absolute Gasteiger partial charge is 0.204 e. The summed E-state index contributed by atoms with van der Waals surface area (Å²) in [7, 11) is 0. The maximum Gasteiger partial charge on any atom is 0.204 e. The molecular formula is C14H13NOS. The Bertz CT molecular complexity index is 529. The Balaban J connectivity index is 1.90. The molecule has 1 aliphatic carbocycles. The highest BCUT2D eigenvalue weighted by Crippen LogP contribution is 2.36. The molecule has 1 fully saturated rings. The van der Waals surface area contributed by atoms with Gasteiger partial charge in [-0.3, -0.25) is 9.78 Å². The van der Waals surface area contributed by atoms with Crippen LogP contribution in [0.25, 0.3) is 0 Å². The van der Waals surface area contributed by atoms with Crippen LogP contribution in [0.1, 0.15) is 46.0 Å². The zero-order chi connectivity index (χ0) is 11.7. The second kappa shape index (κ2) is 4.41. The molecule has 2 nitrogen and oxygen atoms in total. The normalized spacial score (nSPS) is 15.5. The summed E-state index contributed by atoms with van der Waals surface area (Å²) in [5.74, 6) is 0.762. The molecule has 0 spiro atoms. The third-order valence-corrected chi connectivity index (χ3v) is 4.15. The fourth-order valence-electron chi connectivity index (χ4n) is 2.15. The van der Waals surface area contributed by atoms with E-state index in [2.05, 4.69) is 11.1 Å². The number of thiazole rings is 1. The van der Waals surface area contributed by atoms with Crippen LogP contribution >= 0.6 is 11.3 Å². The van der Waals surface area contributed by atoms with Gasteiger partial charge in [0.15, 0.2) is 0 Å². The maximum absolute atomic E-state index is 12.2. The first-order valence-electron chi connectivity index (χ1n) is 5.88. The minimum atomic E-state index is 0.0914. The van der Waals surface area contributed by atoms with Crippen LogP contribution in [0.3, 0.4) is 0 Å². The van der Waals surface area contributed by atoms with Crippen LogP contribution in [0.5, 0.6) is 0 Å². The molecule has 0 N–H and O–H groups in total. The molecule has 0 amide bonds. The number of ketones is 1. The molecular weight excluding hydrogens is 230 g/mol. The third-order valence-electron chi connectivity index (χ3n) is 3.38. The van der Waals surface area contributed by atoms with Crippen molar-refractivity contribution in [2.75, 3.05) is 0 Å². The lowest BCUT2D eigenvalue weighted by molar-refractivity contribution is 0.104. The van der Waals surface area contributed by atoms with Crippen LogP contribution in [0.2, 0.25) is 0 Å². The lowest BCUT2D eigenvalue weighted by Crippen LogP contribution is -2.09. The van der Waals surface area contributed by atoms with E-state index in [-0.39, 0.29) is 5.78 Å². The van der Waals surface area contributed by atoms with Gasteiger partial charge in [0.05, 0.1) is 10.4 Å². The molecule has 0 radical (unpaired) electrons. The van der Waals surface area contributed by atoms with Gasteiger partial charge in [-0.15, -0.1) is 11.3 Å². The average molecular weight is 243 g/mol. The molecule has 0 saturated heterocycles. The lowest BCUT2D eigenvalue weighted by atomic mass is 9.79. The van der Waals surface area contributed by atoms with Crippen LogP contribution in [0, 0.1) is 0 Å².